The molecule has 2 aliphatic heterocycles. The Kier molecular flexibility index (Phi) is 4.42. The summed E-state index contributed by atoms with van der Waals surface area (Å²) >= 11 is 0. The minimum Gasteiger partial charge on any atom is -0.323 e. The van der Waals surface area contributed by atoms with Crippen molar-refractivity contribution in [2.24, 2.45) is 0 Å². The summed E-state index contributed by atoms with van der Waals surface area (Å²) in [7, 11) is -1.67. The Morgan fingerprint density at radius 1 is 0.941 bits per heavy atom. The maximum absolute atomic E-state index is 13.1. The third-order valence-corrected chi connectivity index (χ3v) is 13.6. The van der Waals surface area contributed by atoms with Crippen molar-refractivity contribution >= 4 is 15.1 Å². The largest absolute Gasteiger partial charge is 0.323 e. The third-order valence-electron chi connectivity index (χ3n) is 5.34. The van der Waals surface area contributed by atoms with Crippen molar-refractivity contribution in [1.29, 1.82) is 0 Å². The fourth-order valence-electron chi connectivity index (χ4n) is 3.76. The molecule has 0 aromatic rings. The Labute approximate surface area is 108 Å². The van der Waals surface area contributed by atoms with Crippen molar-refractivity contribution in [1.82, 2.24) is 0 Å². The predicted molar refractivity (Wildman–Crippen MR) is 80.6 cm³/mol. The van der Waals surface area contributed by atoms with Crippen molar-refractivity contribution in [3.63, 3.8) is 0 Å². The van der Waals surface area contributed by atoms with Crippen LogP contribution in [0.4, 0.5) is 0 Å². The molecule has 2 saturated heterocycles. The molecule has 0 N–H and O–H groups in total. The minimum absolute atomic E-state index is 0.174. The summed E-state index contributed by atoms with van der Waals surface area (Å²) < 4.78 is 13.1. The molecule has 17 heavy (non-hydrogen) atoms. The minimum atomic E-state index is -1.84. The second kappa shape index (κ2) is 5.34. The van der Waals surface area contributed by atoms with Crippen LogP contribution >= 0.6 is 15.1 Å². The fourth-order valence-corrected chi connectivity index (χ4v) is 11.6. The van der Waals surface area contributed by atoms with Crippen LogP contribution in [0.3, 0.4) is 0 Å². The van der Waals surface area contributed by atoms with E-state index in [1.165, 1.54) is 31.8 Å². The number of hydrogen-bond acceptors (Lipinski definition) is 1. The van der Waals surface area contributed by atoms with E-state index in [2.05, 4.69) is 27.7 Å². The third kappa shape index (κ3) is 2.66. The lowest BCUT2D eigenvalue weighted by Crippen LogP contribution is -2.11. The second-order valence-electron chi connectivity index (χ2n) is 6.37. The van der Waals surface area contributed by atoms with E-state index in [9.17, 15) is 4.57 Å². The van der Waals surface area contributed by atoms with Gasteiger partial charge < -0.3 is 4.57 Å². The lowest BCUT2D eigenvalue weighted by molar-refractivity contribution is 0.568. The molecule has 0 amide bonds. The zero-order valence-electron chi connectivity index (χ0n) is 11.9. The zero-order valence-corrected chi connectivity index (χ0v) is 13.6. The first-order valence-corrected chi connectivity index (χ1v) is 11.0. The monoisotopic (exact) mass is 274 g/mol. The molecule has 2 heterocycles. The van der Waals surface area contributed by atoms with Crippen LogP contribution in [-0.2, 0) is 4.57 Å². The molecule has 2 aliphatic rings. The Morgan fingerprint density at radius 3 is 1.88 bits per heavy atom. The molecule has 1 nitrogen and oxygen atoms in total. The maximum Gasteiger partial charge on any atom is 0.0933 e. The average Bonchev–Trinajstić information content (AvgIpc) is 2.73. The van der Waals surface area contributed by atoms with Gasteiger partial charge in [0.1, 0.15) is 0 Å². The van der Waals surface area contributed by atoms with Crippen molar-refractivity contribution in [2.75, 3.05) is 12.3 Å². The Bertz CT molecular complexity index is 291. The van der Waals surface area contributed by atoms with Gasteiger partial charge in [0, 0.05) is 17.5 Å². The van der Waals surface area contributed by atoms with Crippen molar-refractivity contribution in [3.8, 4) is 0 Å². The molecule has 0 saturated carbocycles. The quantitative estimate of drug-likeness (QED) is 0.664. The SMILES string of the molecule is CC1CCC(C)P1CCP1(=O)C(C)CCC1C. The van der Waals surface area contributed by atoms with Crippen LogP contribution in [-0.4, -0.2) is 35.0 Å². The van der Waals surface area contributed by atoms with Crippen LogP contribution in [0.15, 0.2) is 0 Å². The molecule has 3 heteroatoms. The summed E-state index contributed by atoms with van der Waals surface area (Å²) in [5, 5.41) is 0. The smallest absolute Gasteiger partial charge is 0.0933 e. The van der Waals surface area contributed by atoms with Gasteiger partial charge >= 0.3 is 0 Å². The van der Waals surface area contributed by atoms with Crippen LogP contribution in [0.1, 0.15) is 53.4 Å². The summed E-state index contributed by atoms with van der Waals surface area (Å²) in [5.41, 5.74) is 2.89. The summed E-state index contributed by atoms with van der Waals surface area (Å²) in [6.07, 6.45) is 7.62. The highest BCUT2D eigenvalue weighted by molar-refractivity contribution is 7.67. The van der Waals surface area contributed by atoms with Crippen LogP contribution < -0.4 is 0 Å². The van der Waals surface area contributed by atoms with E-state index in [0.29, 0.717) is 11.3 Å². The van der Waals surface area contributed by atoms with Crippen LogP contribution in [0.2, 0.25) is 0 Å². The van der Waals surface area contributed by atoms with E-state index < -0.39 is 7.14 Å². The van der Waals surface area contributed by atoms with Gasteiger partial charge in [-0.3, -0.25) is 0 Å². The lowest BCUT2D eigenvalue weighted by atomic mass is 10.2. The van der Waals surface area contributed by atoms with Crippen LogP contribution in [0.25, 0.3) is 0 Å². The zero-order chi connectivity index (χ0) is 12.6. The molecule has 2 rings (SSSR count). The molecule has 100 valence electrons. The first-order valence-electron chi connectivity index (χ1n) is 7.29. The van der Waals surface area contributed by atoms with E-state index in [4.69, 9.17) is 0 Å². The van der Waals surface area contributed by atoms with Gasteiger partial charge in [0.25, 0.3) is 0 Å². The highest BCUT2D eigenvalue weighted by Gasteiger charge is 2.41. The first kappa shape index (κ1) is 14.1. The van der Waals surface area contributed by atoms with Gasteiger partial charge in [-0.2, -0.15) is 0 Å². The van der Waals surface area contributed by atoms with Gasteiger partial charge in [-0.05, 0) is 43.2 Å². The molecule has 0 aliphatic carbocycles. The number of hydrogen-bond donors (Lipinski definition) is 0. The summed E-state index contributed by atoms with van der Waals surface area (Å²) in [6.45, 7) is 9.32. The fraction of sp³-hybridized carbons (Fsp3) is 1.00. The standard InChI is InChI=1S/C14H28OP2/c1-11-5-6-12(2)16(11)9-10-17(15)13(3)7-8-14(17)4/h11-14H,5-10H2,1-4H3. The highest BCUT2D eigenvalue weighted by atomic mass is 31.2. The molecule has 2 fully saturated rings. The molecule has 4 atom stereocenters. The molecule has 4 unspecified atom stereocenters. The van der Waals surface area contributed by atoms with E-state index in [1.807, 2.05) is 0 Å². The van der Waals surface area contributed by atoms with E-state index in [0.717, 1.165) is 17.5 Å². The second-order valence-corrected chi connectivity index (χ2v) is 13.5. The first-order chi connectivity index (χ1) is 7.95. The Morgan fingerprint density at radius 2 is 1.41 bits per heavy atom. The molecule has 0 radical (unpaired) electrons. The van der Waals surface area contributed by atoms with Gasteiger partial charge in [-0.1, -0.05) is 27.7 Å². The van der Waals surface area contributed by atoms with Gasteiger partial charge in [0.15, 0.2) is 0 Å². The normalized spacial score (nSPS) is 50.9. The number of rotatable bonds is 3. The van der Waals surface area contributed by atoms with Crippen LogP contribution in [0, 0.1) is 0 Å². The van der Waals surface area contributed by atoms with Gasteiger partial charge in [-0.15, -0.1) is 7.92 Å². The molecule has 0 spiro atoms. The molecular formula is C14H28OP2. The molecule has 0 aromatic heterocycles. The van der Waals surface area contributed by atoms with Crippen molar-refractivity contribution in [2.45, 2.75) is 76.0 Å². The average molecular weight is 274 g/mol. The maximum atomic E-state index is 13.1. The predicted octanol–water partition coefficient (Wildman–Crippen LogP) is 4.97. The Hall–Kier alpha value is 0.660. The van der Waals surface area contributed by atoms with Gasteiger partial charge in [0.2, 0.25) is 0 Å². The van der Waals surface area contributed by atoms with Gasteiger partial charge in [0.05, 0.1) is 7.14 Å². The van der Waals surface area contributed by atoms with Gasteiger partial charge in [-0.25, -0.2) is 0 Å². The molecule has 0 aromatic carbocycles. The van der Waals surface area contributed by atoms with Crippen molar-refractivity contribution < 1.29 is 4.57 Å². The van der Waals surface area contributed by atoms with E-state index in [1.54, 1.807) is 0 Å². The lowest BCUT2D eigenvalue weighted by Gasteiger charge is -2.26. The highest BCUT2D eigenvalue weighted by Crippen LogP contribution is 2.65. The summed E-state index contributed by atoms with van der Waals surface area (Å²) in [4.78, 5) is 0. The van der Waals surface area contributed by atoms with Crippen molar-refractivity contribution in [3.05, 3.63) is 0 Å². The molecular weight excluding hydrogens is 246 g/mol. The molecule has 0 bridgehead atoms. The summed E-state index contributed by atoms with van der Waals surface area (Å²) in [6, 6.07) is 0. The van der Waals surface area contributed by atoms with E-state index >= 15 is 0 Å². The Balaban J connectivity index is 1.95. The van der Waals surface area contributed by atoms with Crippen LogP contribution in [0.5, 0.6) is 0 Å². The topological polar surface area (TPSA) is 17.1 Å². The van der Waals surface area contributed by atoms with E-state index in [-0.39, 0.29) is 7.92 Å². The summed E-state index contributed by atoms with van der Waals surface area (Å²) in [5.74, 6) is 0.